The third kappa shape index (κ3) is 3.46. The summed E-state index contributed by atoms with van der Waals surface area (Å²) in [6.45, 7) is 2.29. The summed E-state index contributed by atoms with van der Waals surface area (Å²) in [6, 6.07) is 0.0509. The zero-order valence-corrected chi connectivity index (χ0v) is 6.22. The third-order valence-corrected chi connectivity index (χ3v) is 1.30. The van der Waals surface area contributed by atoms with E-state index in [1.54, 1.807) is 21.1 Å². The van der Waals surface area contributed by atoms with Gasteiger partial charge in [-0.25, -0.2) is 0 Å². The minimum atomic E-state index is -0.352. The summed E-state index contributed by atoms with van der Waals surface area (Å²) in [5.74, 6) is 0. The van der Waals surface area contributed by atoms with Gasteiger partial charge < -0.3 is 15.2 Å². The molecule has 0 saturated carbocycles. The largest absolute Gasteiger partial charge is 0.392 e. The Kier molecular flexibility index (Phi) is 4.67. The summed E-state index contributed by atoms with van der Waals surface area (Å²) in [6.07, 6.45) is -0.352. The van der Waals surface area contributed by atoms with Crippen LogP contribution in [0, 0.1) is 0 Å². The summed E-state index contributed by atoms with van der Waals surface area (Å²) < 4.78 is 4.83. The van der Waals surface area contributed by atoms with Crippen LogP contribution in [0.15, 0.2) is 0 Å². The summed E-state index contributed by atoms with van der Waals surface area (Å²) in [7, 11) is 3.42. The molecule has 0 fully saturated rings. The lowest BCUT2D eigenvalue weighted by Gasteiger charge is -2.17. The van der Waals surface area contributed by atoms with E-state index in [9.17, 15) is 0 Å². The van der Waals surface area contributed by atoms with Crippen molar-refractivity contribution in [3.63, 3.8) is 0 Å². The Hall–Kier alpha value is -0.120. The fourth-order valence-corrected chi connectivity index (χ4v) is 0.643. The number of likely N-dealkylation sites (N-methyl/N-ethyl adjacent to an activating group) is 1. The summed E-state index contributed by atoms with van der Waals surface area (Å²) in [5, 5.41) is 11.9. The fraction of sp³-hybridized carbons (Fsp3) is 1.00. The number of hydrogen-bond acceptors (Lipinski definition) is 3. The summed E-state index contributed by atoms with van der Waals surface area (Å²) in [5.41, 5.74) is 0. The molecule has 56 valence electrons. The van der Waals surface area contributed by atoms with Crippen molar-refractivity contribution >= 4 is 0 Å². The summed E-state index contributed by atoms with van der Waals surface area (Å²) >= 11 is 0. The number of ether oxygens (including phenoxy) is 1. The number of nitrogens with one attached hydrogen (secondary N) is 1. The Bertz CT molecular complexity index is 66.1. The van der Waals surface area contributed by atoms with Crippen molar-refractivity contribution in [1.82, 2.24) is 5.32 Å². The first-order valence-corrected chi connectivity index (χ1v) is 3.06. The number of methoxy groups -OCH3 is 1. The highest BCUT2D eigenvalue weighted by atomic mass is 16.5. The van der Waals surface area contributed by atoms with Gasteiger partial charge in [-0.1, -0.05) is 0 Å². The van der Waals surface area contributed by atoms with Crippen LogP contribution in [-0.2, 0) is 4.74 Å². The van der Waals surface area contributed by atoms with Gasteiger partial charge in [0.05, 0.1) is 18.8 Å². The number of aliphatic hydroxyl groups excluding tert-OH is 1. The second-order valence-corrected chi connectivity index (χ2v) is 2.09. The molecular formula is C6H15NO2. The van der Waals surface area contributed by atoms with E-state index in [2.05, 4.69) is 5.32 Å². The van der Waals surface area contributed by atoms with Crippen molar-refractivity contribution in [3.8, 4) is 0 Å². The average molecular weight is 133 g/mol. The molecule has 0 amide bonds. The molecule has 0 aliphatic heterocycles. The first-order chi connectivity index (χ1) is 4.22. The van der Waals surface area contributed by atoms with Crippen LogP contribution >= 0.6 is 0 Å². The van der Waals surface area contributed by atoms with Crippen LogP contribution in [0.1, 0.15) is 6.92 Å². The van der Waals surface area contributed by atoms with E-state index in [0.29, 0.717) is 6.61 Å². The highest BCUT2D eigenvalue weighted by molar-refractivity contribution is 4.68. The van der Waals surface area contributed by atoms with Gasteiger partial charge in [-0.3, -0.25) is 0 Å². The Morgan fingerprint density at radius 3 is 2.33 bits per heavy atom. The lowest BCUT2D eigenvalue weighted by Crippen LogP contribution is -2.39. The van der Waals surface area contributed by atoms with Gasteiger partial charge in [0.15, 0.2) is 0 Å². The van der Waals surface area contributed by atoms with E-state index in [1.807, 2.05) is 0 Å². The molecule has 0 spiro atoms. The number of rotatable bonds is 4. The van der Waals surface area contributed by atoms with Gasteiger partial charge >= 0.3 is 0 Å². The van der Waals surface area contributed by atoms with Crippen LogP contribution in [-0.4, -0.2) is 38.0 Å². The number of aliphatic hydroxyl groups is 1. The van der Waals surface area contributed by atoms with E-state index in [4.69, 9.17) is 9.84 Å². The maximum Gasteiger partial charge on any atom is 0.0687 e. The van der Waals surface area contributed by atoms with E-state index >= 15 is 0 Å². The molecule has 2 N–H and O–H groups in total. The zero-order chi connectivity index (χ0) is 7.28. The Morgan fingerprint density at radius 2 is 2.22 bits per heavy atom. The van der Waals surface area contributed by atoms with Gasteiger partial charge in [0.2, 0.25) is 0 Å². The Morgan fingerprint density at radius 1 is 1.67 bits per heavy atom. The van der Waals surface area contributed by atoms with Gasteiger partial charge in [0, 0.05) is 7.11 Å². The fourth-order valence-electron chi connectivity index (χ4n) is 0.643. The average Bonchev–Trinajstić information content (AvgIpc) is 1.82. The highest BCUT2D eigenvalue weighted by Gasteiger charge is 2.10. The monoisotopic (exact) mass is 133 g/mol. The lowest BCUT2D eigenvalue weighted by atomic mass is 10.2. The maximum absolute atomic E-state index is 9.00. The van der Waals surface area contributed by atoms with E-state index in [1.165, 1.54) is 0 Å². The van der Waals surface area contributed by atoms with E-state index < -0.39 is 0 Å². The van der Waals surface area contributed by atoms with Gasteiger partial charge in [-0.05, 0) is 14.0 Å². The minimum absolute atomic E-state index is 0.0509. The molecule has 0 rings (SSSR count). The second-order valence-electron chi connectivity index (χ2n) is 2.09. The first-order valence-electron chi connectivity index (χ1n) is 3.06. The van der Waals surface area contributed by atoms with Gasteiger partial charge in [0.1, 0.15) is 0 Å². The molecule has 0 aromatic carbocycles. The molecule has 3 heteroatoms. The normalized spacial score (nSPS) is 17.3. The van der Waals surface area contributed by atoms with Crippen LogP contribution < -0.4 is 5.32 Å². The second kappa shape index (κ2) is 4.73. The molecular weight excluding hydrogens is 118 g/mol. The molecule has 0 aliphatic carbocycles. The predicted octanol–water partition coefficient (Wildman–Crippen LogP) is -0.398. The summed E-state index contributed by atoms with van der Waals surface area (Å²) in [4.78, 5) is 0. The molecule has 9 heavy (non-hydrogen) atoms. The quantitative estimate of drug-likeness (QED) is 0.548. The van der Waals surface area contributed by atoms with Crippen molar-refractivity contribution in [2.24, 2.45) is 0 Å². The van der Waals surface area contributed by atoms with Gasteiger partial charge in [-0.2, -0.15) is 0 Å². The predicted molar refractivity (Wildman–Crippen MR) is 36.4 cm³/mol. The molecule has 3 nitrogen and oxygen atoms in total. The standard InChI is InChI=1S/C6H15NO2/c1-5(8)6(7-2)4-9-3/h5-8H,4H2,1-3H3/t5-,6+/m1/s1. The van der Waals surface area contributed by atoms with Crippen molar-refractivity contribution < 1.29 is 9.84 Å². The molecule has 0 bridgehead atoms. The van der Waals surface area contributed by atoms with Crippen LogP contribution in [0.2, 0.25) is 0 Å². The van der Waals surface area contributed by atoms with Crippen molar-refractivity contribution in [2.45, 2.75) is 19.1 Å². The van der Waals surface area contributed by atoms with Crippen molar-refractivity contribution in [2.75, 3.05) is 20.8 Å². The maximum atomic E-state index is 9.00. The molecule has 0 aromatic rings. The third-order valence-electron chi connectivity index (χ3n) is 1.30. The van der Waals surface area contributed by atoms with Crippen molar-refractivity contribution in [1.29, 1.82) is 0 Å². The van der Waals surface area contributed by atoms with Gasteiger partial charge in [-0.15, -0.1) is 0 Å². The SMILES string of the molecule is CN[C@@H](COC)[C@@H](C)O. The zero-order valence-electron chi connectivity index (χ0n) is 6.22. The topological polar surface area (TPSA) is 41.5 Å². The minimum Gasteiger partial charge on any atom is -0.392 e. The van der Waals surface area contributed by atoms with Crippen LogP contribution in [0.25, 0.3) is 0 Å². The van der Waals surface area contributed by atoms with Gasteiger partial charge in [0.25, 0.3) is 0 Å². The molecule has 0 aliphatic rings. The highest BCUT2D eigenvalue weighted by Crippen LogP contribution is 1.90. The van der Waals surface area contributed by atoms with E-state index in [-0.39, 0.29) is 12.1 Å². The molecule has 0 heterocycles. The molecule has 0 unspecified atom stereocenters. The Labute approximate surface area is 56.0 Å². The van der Waals surface area contributed by atoms with E-state index in [0.717, 1.165) is 0 Å². The smallest absolute Gasteiger partial charge is 0.0687 e. The number of hydrogen-bond donors (Lipinski definition) is 2. The molecule has 2 atom stereocenters. The molecule has 0 saturated heterocycles. The first kappa shape index (κ1) is 8.88. The van der Waals surface area contributed by atoms with Crippen molar-refractivity contribution in [3.05, 3.63) is 0 Å². The lowest BCUT2D eigenvalue weighted by molar-refractivity contribution is 0.0846. The van der Waals surface area contributed by atoms with Crippen LogP contribution in [0.4, 0.5) is 0 Å². The molecule has 0 radical (unpaired) electrons. The Balaban J connectivity index is 3.41. The van der Waals surface area contributed by atoms with Crippen LogP contribution in [0.5, 0.6) is 0 Å². The molecule has 0 aromatic heterocycles. The van der Waals surface area contributed by atoms with Crippen LogP contribution in [0.3, 0.4) is 0 Å².